The van der Waals surface area contributed by atoms with Gasteiger partial charge in [0, 0.05) is 29.7 Å². The highest BCUT2D eigenvalue weighted by Crippen LogP contribution is 2.57. The number of fused-ring (bicyclic) bond motifs is 1. The summed E-state index contributed by atoms with van der Waals surface area (Å²) in [4.78, 5) is 52.6. The van der Waals surface area contributed by atoms with Crippen molar-refractivity contribution in [3.63, 3.8) is 0 Å². The fourth-order valence-corrected chi connectivity index (χ4v) is 8.95. The number of ketones is 1. The van der Waals surface area contributed by atoms with E-state index in [1.807, 2.05) is 37.4 Å². The molecule has 51 heavy (non-hydrogen) atoms. The van der Waals surface area contributed by atoms with Crippen LogP contribution in [0.1, 0.15) is 96.4 Å². The van der Waals surface area contributed by atoms with Crippen LogP contribution < -0.4 is 9.46 Å². The molecule has 0 radical (unpaired) electrons. The van der Waals surface area contributed by atoms with Crippen molar-refractivity contribution >= 4 is 50.0 Å². The molecule has 2 saturated carbocycles. The molecule has 11 nitrogen and oxygen atoms in total. The monoisotopic (exact) mass is 736 g/mol. The molecule has 3 aliphatic rings. The number of aromatic nitrogens is 2. The van der Waals surface area contributed by atoms with Crippen LogP contribution in [-0.4, -0.2) is 70.1 Å². The normalized spacial score (nSPS) is 24.0. The van der Waals surface area contributed by atoms with Crippen molar-refractivity contribution in [2.24, 2.45) is 11.3 Å². The van der Waals surface area contributed by atoms with Gasteiger partial charge in [-0.1, -0.05) is 26.0 Å². The van der Waals surface area contributed by atoms with Gasteiger partial charge in [0.05, 0.1) is 34.0 Å². The Morgan fingerprint density at radius 3 is 2.47 bits per heavy atom. The van der Waals surface area contributed by atoms with E-state index in [4.69, 9.17) is 19.4 Å². The fraction of sp³-hybridized carbons (Fsp3) is 0.553. The summed E-state index contributed by atoms with van der Waals surface area (Å²) in [7, 11) is -3.91. The summed E-state index contributed by atoms with van der Waals surface area (Å²) in [5.74, 6) is -0.618. The molecule has 3 aromatic rings. The van der Waals surface area contributed by atoms with Crippen LogP contribution in [0.15, 0.2) is 36.2 Å². The Labute approximate surface area is 304 Å². The summed E-state index contributed by atoms with van der Waals surface area (Å²) in [6.45, 7) is 19.0. The number of thiazole rings is 1. The molecule has 274 valence electrons. The number of sulfonamides is 1. The Morgan fingerprint density at radius 2 is 1.88 bits per heavy atom. The summed E-state index contributed by atoms with van der Waals surface area (Å²) < 4.78 is 39.7. The number of Topliss-reactive ketones (excluding diaryl/α,β-unsaturated/α-hetero) is 1. The minimum Gasteiger partial charge on any atom is -0.488 e. The highest BCUT2D eigenvalue weighted by atomic mass is 32.2. The lowest BCUT2D eigenvalue weighted by Gasteiger charge is -2.28. The molecule has 1 aliphatic heterocycles. The molecule has 1 N–H and O–H groups in total. The molecule has 1 aromatic carbocycles. The fourth-order valence-electron chi connectivity index (χ4n) is 6.67. The first kappa shape index (κ1) is 36.9. The molecular weight excluding hydrogens is 689 g/mol. The first-order chi connectivity index (χ1) is 23.8. The number of hydrogen-bond donors (Lipinski definition) is 1. The number of likely N-dealkylation sites (tertiary alicyclic amines) is 1. The van der Waals surface area contributed by atoms with Gasteiger partial charge in [0.2, 0.25) is 15.9 Å². The molecule has 0 unspecified atom stereocenters. The molecular formula is C38H48N4O7S2. The topological polar surface area (TPSA) is 145 Å². The van der Waals surface area contributed by atoms with Crippen LogP contribution in [-0.2, 0) is 24.3 Å². The van der Waals surface area contributed by atoms with E-state index < -0.39 is 49.9 Å². The third-order valence-electron chi connectivity index (χ3n) is 10.5. The Kier molecular flexibility index (Phi) is 9.40. The van der Waals surface area contributed by atoms with E-state index in [9.17, 15) is 22.8 Å². The zero-order valence-corrected chi connectivity index (χ0v) is 32.3. The zero-order chi connectivity index (χ0) is 37.3. The lowest BCUT2D eigenvalue weighted by molar-refractivity contribution is -0.131. The largest absolute Gasteiger partial charge is 0.488 e. The number of ether oxygens (including phenoxy) is 2. The van der Waals surface area contributed by atoms with E-state index in [1.165, 1.54) is 16.2 Å². The van der Waals surface area contributed by atoms with Crippen LogP contribution in [0.5, 0.6) is 5.75 Å². The number of aryl methyl sites for hydroxylation is 2. The number of nitrogens with zero attached hydrogens (tertiary/aromatic N) is 3. The number of amides is 2. The van der Waals surface area contributed by atoms with E-state index in [-0.39, 0.29) is 37.0 Å². The second-order valence-corrected chi connectivity index (χ2v) is 19.1. The third-order valence-corrected chi connectivity index (χ3v) is 13.6. The van der Waals surface area contributed by atoms with Gasteiger partial charge in [-0.05, 0) is 89.8 Å². The van der Waals surface area contributed by atoms with E-state index in [0.717, 1.165) is 32.7 Å². The molecule has 3 heterocycles. The quantitative estimate of drug-likeness (QED) is 0.206. The Balaban J connectivity index is 1.30. The third kappa shape index (κ3) is 7.16. The zero-order valence-electron chi connectivity index (χ0n) is 30.7. The first-order valence-electron chi connectivity index (χ1n) is 17.5. The average molecular weight is 737 g/mol. The van der Waals surface area contributed by atoms with Gasteiger partial charge in [0.15, 0.2) is 5.78 Å². The maximum atomic E-state index is 14.2. The smallest absolute Gasteiger partial charge is 0.411 e. The lowest BCUT2D eigenvalue weighted by atomic mass is 9.91. The minimum absolute atomic E-state index is 0.0703. The predicted molar refractivity (Wildman–Crippen MR) is 197 cm³/mol. The molecule has 0 bridgehead atoms. The number of carbonyl (C=O) groups excluding carboxylic acids is 3. The van der Waals surface area contributed by atoms with E-state index in [0.29, 0.717) is 30.7 Å². The Morgan fingerprint density at radius 1 is 1.18 bits per heavy atom. The van der Waals surface area contributed by atoms with Crippen molar-refractivity contribution in [2.75, 3.05) is 6.54 Å². The number of rotatable bonds is 11. The lowest BCUT2D eigenvalue weighted by Crippen LogP contribution is -2.46. The van der Waals surface area contributed by atoms with Crippen molar-refractivity contribution in [3.05, 3.63) is 53.1 Å². The number of allylic oxidation sites excluding steroid dienone is 1. The Bertz CT molecular complexity index is 2030. The molecule has 2 amide bonds. The number of benzene rings is 1. The van der Waals surface area contributed by atoms with Gasteiger partial charge in [-0.2, -0.15) is 0 Å². The second-order valence-electron chi connectivity index (χ2n) is 16.0. The van der Waals surface area contributed by atoms with Crippen molar-refractivity contribution < 1.29 is 32.3 Å². The molecule has 13 heteroatoms. The highest BCUT2D eigenvalue weighted by Gasteiger charge is 2.62. The van der Waals surface area contributed by atoms with Crippen LogP contribution in [0, 0.1) is 25.2 Å². The maximum Gasteiger partial charge on any atom is 0.411 e. The van der Waals surface area contributed by atoms with Crippen LogP contribution in [0.25, 0.3) is 21.6 Å². The van der Waals surface area contributed by atoms with Gasteiger partial charge in [-0.15, -0.1) is 17.9 Å². The predicted octanol–water partition coefficient (Wildman–Crippen LogP) is 7.01. The first-order valence-corrected chi connectivity index (χ1v) is 19.9. The SMILES string of the molecule is C=C[C@@H]1C[C@]1(CC(=O)[C@@H]1C[C@@H](Oc2cc(-c3nc(C(C)C)cs3)nc3c(C)c(C)ccc23)CN1C(=O)OC(C)(C)C)C(=O)NS(=O)(=O)C1(C)CC1. The van der Waals surface area contributed by atoms with Gasteiger partial charge in [-0.25, -0.2) is 23.2 Å². The summed E-state index contributed by atoms with van der Waals surface area (Å²) in [6, 6.07) is 4.89. The molecule has 3 fully saturated rings. The molecule has 2 aliphatic carbocycles. The van der Waals surface area contributed by atoms with Crippen LogP contribution in [0.3, 0.4) is 0 Å². The molecule has 6 rings (SSSR count). The van der Waals surface area contributed by atoms with Gasteiger partial charge in [0.1, 0.15) is 28.2 Å². The Hall–Kier alpha value is -3.84. The number of hydrogen-bond acceptors (Lipinski definition) is 10. The van der Waals surface area contributed by atoms with E-state index >= 15 is 0 Å². The maximum absolute atomic E-state index is 14.2. The van der Waals surface area contributed by atoms with Crippen LogP contribution in [0.2, 0.25) is 0 Å². The van der Waals surface area contributed by atoms with Crippen molar-refractivity contribution in [3.8, 4) is 16.5 Å². The minimum atomic E-state index is -3.91. The summed E-state index contributed by atoms with van der Waals surface area (Å²) >= 11 is 1.52. The number of pyridine rings is 1. The van der Waals surface area contributed by atoms with E-state index in [2.05, 4.69) is 25.1 Å². The van der Waals surface area contributed by atoms with Crippen LogP contribution in [0.4, 0.5) is 4.79 Å². The number of nitrogens with one attached hydrogen (secondary N) is 1. The van der Waals surface area contributed by atoms with Gasteiger partial charge in [0.25, 0.3) is 0 Å². The standard InChI is InChI=1S/C38H48N4O7S2/c1-10-24-17-38(24,34(44)41-51(46,47)37(9)13-14-37)18-30(43)29-15-25(19-42(29)35(45)49-36(6,7)8)48-31-16-27(33-40-28(20-50-33)21(2)3)39-32-23(5)22(4)11-12-26(31)32/h10-12,16,20-21,24-25,29H,1,13-15,17-19H2,2-9H3,(H,41,44)/t24-,25-,29+,38-/m1/s1. The number of carbonyl (C=O) groups is 3. The van der Waals surface area contributed by atoms with Gasteiger partial charge in [-0.3, -0.25) is 19.2 Å². The molecule has 1 saturated heterocycles. The second kappa shape index (κ2) is 13.0. The van der Waals surface area contributed by atoms with Crippen LogP contribution >= 0.6 is 11.3 Å². The van der Waals surface area contributed by atoms with Crippen molar-refractivity contribution in [1.29, 1.82) is 0 Å². The van der Waals surface area contributed by atoms with Crippen molar-refractivity contribution in [2.45, 2.75) is 116 Å². The van der Waals surface area contributed by atoms with E-state index in [1.54, 1.807) is 33.8 Å². The van der Waals surface area contributed by atoms with Crippen molar-refractivity contribution in [1.82, 2.24) is 19.6 Å². The highest BCUT2D eigenvalue weighted by molar-refractivity contribution is 7.91. The van der Waals surface area contributed by atoms with Gasteiger partial charge < -0.3 is 9.47 Å². The molecule has 0 spiro atoms. The molecule has 2 aromatic heterocycles. The summed E-state index contributed by atoms with van der Waals surface area (Å²) in [6.07, 6.45) is 1.47. The average Bonchev–Trinajstić information content (AvgIpc) is 3.82. The molecule has 4 atom stereocenters. The summed E-state index contributed by atoms with van der Waals surface area (Å²) in [5, 5.41) is 3.60. The summed E-state index contributed by atoms with van der Waals surface area (Å²) in [5.41, 5.74) is 2.44. The van der Waals surface area contributed by atoms with Gasteiger partial charge >= 0.3 is 6.09 Å².